The molecule has 6 heterocycles. The molecule has 0 radical (unpaired) electrons. The summed E-state index contributed by atoms with van der Waals surface area (Å²) < 4.78 is 89.6. The highest BCUT2D eigenvalue weighted by Crippen LogP contribution is 2.51. The van der Waals surface area contributed by atoms with Gasteiger partial charge in [-0.1, -0.05) is 11.6 Å². The number of halogens is 6. The van der Waals surface area contributed by atoms with Crippen LogP contribution in [-0.2, 0) is 29.8 Å². The number of piperidine rings is 1. The van der Waals surface area contributed by atoms with Crippen molar-refractivity contribution in [2.75, 3.05) is 19.7 Å². The zero-order valence-electron chi connectivity index (χ0n) is 26.0. The molecule has 2 fully saturated rings. The number of aromatic amines is 1. The zero-order valence-corrected chi connectivity index (χ0v) is 26.8. The highest BCUT2D eigenvalue weighted by atomic mass is 35.5. The van der Waals surface area contributed by atoms with Gasteiger partial charge in [0, 0.05) is 24.1 Å². The van der Waals surface area contributed by atoms with Gasteiger partial charge in [0.05, 0.1) is 42.0 Å². The fourth-order valence-corrected chi connectivity index (χ4v) is 6.91. The van der Waals surface area contributed by atoms with E-state index in [2.05, 4.69) is 20.0 Å². The van der Waals surface area contributed by atoms with Crippen LogP contribution in [0.3, 0.4) is 0 Å². The van der Waals surface area contributed by atoms with E-state index in [1.165, 1.54) is 24.3 Å². The summed E-state index contributed by atoms with van der Waals surface area (Å²) in [6, 6.07) is 8.65. The van der Waals surface area contributed by atoms with Crippen LogP contribution >= 0.6 is 11.6 Å². The molecule has 2 unspecified atom stereocenters. The molecule has 3 aliphatic heterocycles. The van der Waals surface area contributed by atoms with Crippen LogP contribution in [0.25, 0.3) is 22.6 Å². The largest absolute Gasteiger partial charge is 0.451 e. The smallest absolute Gasteiger partial charge is 0.444 e. The fourth-order valence-electron chi connectivity index (χ4n) is 6.75. The predicted octanol–water partition coefficient (Wildman–Crippen LogP) is 6.98. The molecule has 3 aliphatic rings. The summed E-state index contributed by atoms with van der Waals surface area (Å²) in [6.07, 6.45) is -0.943. The monoisotopic (exact) mass is 701 g/mol. The lowest BCUT2D eigenvalue weighted by atomic mass is 9.88. The number of nitrogens with one attached hydrogen (secondary N) is 1. The molecule has 1 N–H and O–H groups in total. The SMILES string of the molecule is CC1(c2ccc(Cl)cc2F)Oc2ccc(F)c(C3CCN(Cc4nc5cc(-c6n[nH]c(C(F)(F)F)n6)ncc5n4CC4CCO4)CC3)c2O1. The van der Waals surface area contributed by atoms with Gasteiger partial charge in [-0.2, -0.15) is 18.3 Å². The number of fused-ring (bicyclic) bond motifs is 2. The number of hydrogen-bond acceptors (Lipinski definition) is 8. The van der Waals surface area contributed by atoms with Gasteiger partial charge in [0.2, 0.25) is 5.82 Å². The minimum atomic E-state index is -4.66. The third-order valence-corrected chi connectivity index (χ3v) is 9.60. The molecule has 0 aliphatic carbocycles. The Morgan fingerprint density at radius 2 is 1.82 bits per heavy atom. The number of H-pyrrole nitrogens is 1. The van der Waals surface area contributed by atoms with Gasteiger partial charge in [-0.15, -0.1) is 0 Å². The molecule has 2 aromatic carbocycles. The number of likely N-dealkylation sites (tertiary alicyclic amines) is 1. The first kappa shape index (κ1) is 31.9. The first-order chi connectivity index (χ1) is 23.4. The first-order valence-electron chi connectivity index (χ1n) is 15.8. The Bertz CT molecular complexity index is 2060. The van der Waals surface area contributed by atoms with Gasteiger partial charge < -0.3 is 18.8 Å². The van der Waals surface area contributed by atoms with Crippen LogP contribution in [0.15, 0.2) is 42.6 Å². The number of hydrogen-bond donors (Lipinski definition) is 1. The molecule has 0 spiro atoms. The van der Waals surface area contributed by atoms with Crippen molar-refractivity contribution < 1.29 is 36.2 Å². The minimum Gasteiger partial charge on any atom is -0.444 e. The summed E-state index contributed by atoms with van der Waals surface area (Å²) in [4.78, 5) is 15.0. The van der Waals surface area contributed by atoms with E-state index in [1.807, 2.05) is 9.67 Å². The number of rotatable bonds is 7. The third kappa shape index (κ3) is 5.87. The van der Waals surface area contributed by atoms with Crippen molar-refractivity contribution in [1.29, 1.82) is 0 Å². The molecule has 3 aromatic heterocycles. The van der Waals surface area contributed by atoms with Crippen molar-refractivity contribution >= 4 is 22.6 Å². The first-order valence-corrected chi connectivity index (χ1v) is 16.2. The number of pyridine rings is 1. The summed E-state index contributed by atoms with van der Waals surface area (Å²) in [7, 11) is 0. The number of imidazole rings is 1. The van der Waals surface area contributed by atoms with Crippen molar-refractivity contribution in [2.24, 2.45) is 0 Å². The molecule has 49 heavy (non-hydrogen) atoms. The maximum Gasteiger partial charge on any atom is 0.451 e. The van der Waals surface area contributed by atoms with E-state index in [0.717, 1.165) is 17.8 Å². The lowest BCUT2D eigenvalue weighted by Crippen LogP contribution is -2.35. The molecule has 10 nitrogen and oxygen atoms in total. The number of ether oxygens (including phenoxy) is 3. The van der Waals surface area contributed by atoms with Crippen LogP contribution in [-0.4, -0.2) is 60.4 Å². The molecule has 0 amide bonds. The molecule has 256 valence electrons. The Morgan fingerprint density at radius 3 is 2.51 bits per heavy atom. The molecule has 2 saturated heterocycles. The average molecular weight is 702 g/mol. The molecule has 5 aromatic rings. The molecular weight excluding hydrogens is 673 g/mol. The quantitative estimate of drug-likeness (QED) is 0.182. The summed E-state index contributed by atoms with van der Waals surface area (Å²) in [5, 5.41) is 5.85. The van der Waals surface area contributed by atoms with Crippen LogP contribution < -0.4 is 9.47 Å². The standard InChI is InChI=1S/C33H29ClF5N7O3/c1-32(20-3-2-18(34)12-22(20)36)48-26-5-4-21(35)28(29(26)49-32)17-6-9-45(10-7-17)16-27-41-23-13-24(30-42-31(44-43-30)33(37,38)39)40-14-25(23)46(27)15-19-8-11-47-19/h2-5,12-14,17,19H,6-11,15-16H2,1H3,(H,42,43,44). The Balaban J connectivity index is 1.01. The van der Waals surface area contributed by atoms with E-state index in [1.54, 1.807) is 25.3 Å². The van der Waals surface area contributed by atoms with Crippen molar-refractivity contribution in [3.05, 3.63) is 82.0 Å². The van der Waals surface area contributed by atoms with Crippen LogP contribution in [0.5, 0.6) is 11.5 Å². The van der Waals surface area contributed by atoms with Crippen LogP contribution in [0, 0.1) is 11.6 Å². The number of nitrogens with zero attached hydrogens (tertiary/aromatic N) is 6. The Hall–Kier alpha value is -4.34. The lowest BCUT2D eigenvalue weighted by molar-refractivity contribution is -0.144. The molecule has 0 bridgehead atoms. The Labute approximate surface area is 281 Å². The second kappa shape index (κ2) is 11.9. The summed E-state index contributed by atoms with van der Waals surface area (Å²) >= 11 is 5.95. The maximum atomic E-state index is 15.5. The Kier molecular flexibility index (Phi) is 7.76. The molecule has 0 saturated carbocycles. The predicted molar refractivity (Wildman–Crippen MR) is 166 cm³/mol. The number of alkyl halides is 3. The van der Waals surface area contributed by atoms with Gasteiger partial charge in [0.15, 0.2) is 17.3 Å². The lowest BCUT2D eigenvalue weighted by Gasteiger charge is -2.33. The van der Waals surface area contributed by atoms with Crippen molar-refractivity contribution in [3.8, 4) is 23.0 Å². The number of aromatic nitrogens is 6. The van der Waals surface area contributed by atoms with E-state index in [4.69, 9.17) is 30.8 Å². The van der Waals surface area contributed by atoms with Crippen LogP contribution in [0.4, 0.5) is 22.0 Å². The van der Waals surface area contributed by atoms with E-state index >= 15 is 4.39 Å². The van der Waals surface area contributed by atoms with Crippen molar-refractivity contribution in [3.63, 3.8) is 0 Å². The molecule has 16 heteroatoms. The molecule has 2 atom stereocenters. The van der Waals surface area contributed by atoms with Gasteiger partial charge in [0.25, 0.3) is 5.79 Å². The van der Waals surface area contributed by atoms with Gasteiger partial charge in [0.1, 0.15) is 23.2 Å². The summed E-state index contributed by atoms with van der Waals surface area (Å²) in [6.45, 7) is 4.55. The summed E-state index contributed by atoms with van der Waals surface area (Å²) in [5.74, 6) is -2.69. The highest BCUT2D eigenvalue weighted by Gasteiger charge is 2.44. The van der Waals surface area contributed by atoms with Gasteiger partial charge in [-0.05, 0) is 74.7 Å². The van der Waals surface area contributed by atoms with Crippen LogP contribution in [0.2, 0.25) is 5.02 Å². The second-order valence-corrected chi connectivity index (χ2v) is 13.0. The van der Waals surface area contributed by atoms with Gasteiger partial charge in [-0.3, -0.25) is 15.0 Å². The van der Waals surface area contributed by atoms with E-state index < -0.39 is 29.4 Å². The number of benzene rings is 2. The normalized spacial score (nSPS) is 21.4. The van der Waals surface area contributed by atoms with E-state index in [9.17, 15) is 17.6 Å². The molecule has 8 rings (SSSR count). The topological polar surface area (TPSA) is 103 Å². The van der Waals surface area contributed by atoms with E-state index in [-0.39, 0.29) is 39.9 Å². The maximum absolute atomic E-state index is 15.5. The summed E-state index contributed by atoms with van der Waals surface area (Å²) in [5.41, 5.74) is 1.98. The minimum absolute atomic E-state index is 0.0151. The van der Waals surface area contributed by atoms with Crippen molar-refractivity contribution in [1.82, 2.24) is 34.6 Å². The molecular formula is C33H29ClF5N7O3. The zero-order chi connectivity index (χ0) is 34.1. The van der Waals surface area contributed by atoms with Crippen molar-refractivity contribution in [2.45, 2.75) is 63.3 Å². The third-order valence-electron chi connectivity index (χ3n) is 9.37. The fraction of sp³-hybridized carbons (Fsp3) is 0.394. The van der Waals surface area contributed by atoms with Crippen LogP contribution in [0.1, 0.15) is 54.9 Å². The van der Waals surface area contributed by atoms with Gasteiger partial charge >= 0.3 is 6.18 Å². The highest BCUT2D eigenvalue weighted by molar-refractivity contribution is 6.30. The average Bonchev–Trinajstić information content (AvgIpc) is 3.75. The van der Waals surface area contributed by atoms with Gasteiger partial charge in [-0.25, -0.2) is 18.7 Å². The Morgan fingerprint density at radius 1 is 1.02 bits per heavy atom. The second-order valence-electron chi connectivity index (χ2n) is 12.6. The van der Waals surface area contributed by atoms with E-state index in [0.29, 0.717) is 62.5 Å².